The molecular formula is C21H19FN4O2. The maximum absolute atomic E-state index is 13.0. The van der Waals surface area contributed by atoms with E-state index in [4.69, 9.17) is 0 Å². The largest absolute Gasteiger partial charge is 0.365 e. The van der Waals surface area contributed by atoms with Gasteiger partial charge in [0, 0.05) is 31.0 Å². The van der Waals surface area contributed by atoms with Gasteiger partial charge in [-0.05, 0) is 54.1 Å². The molecule has 0 radical (unpaired) electrons. The number of carbonyl (C=O) groups excluding carboxylic acids is 2. The van der Waals surface area contributed by atoms with Crippen molar-refractivity contribution >= 4 is 23.3 Å². The Morgan fingerprint density at radius 3 is 2.54 bits per heavy atom. The van der Waals surface area contributed by atoms with Gasteiger partial charge in [-0.15, -0.1) is 0 Å². The lowest BCUT2D eigenvalue weighted by Crippen LogP contribution is -2.20. The summed E-state index contributed by atoms with van der Waals surface area (Å²) >= 11 is 0. The minimum Gasteiger partial charge on any atom is -0.365 e. The highest BCUT2D eigenvalue weighted by molar-refractivity contribution is 6.04. The van der Waals surface area contributed by atoms with Crippen LogP contribution in [0.2, 0.25) is 0 Å². The van der Waals surface area contributed by atoms with E-state index < -0.39 is 5.82 Å². The first-order valence-electron chi connectivity index (χ1n) is 8.63. The second-order valence-corrected chi connectivity index (χ2v) is 5.99. The van der Waals surface area contributed by atoms with E-state index in [1.165, 1.54) is 24.3 Å². The van der Waals surface area contributed by atoms with Gasteiger partial charge in [-0.25, -0.2) is 9.37 Å². The molecule has 0 aliphatic carbocycles. The Morgan fingerprint density at radius 2 is 1.79 bits per heavy atom. The predicted octanol–water partition coefficient (Wildman–Crippen LogP) is 3.44. The van der Waals surface area contributed by atoms with Gasteiger partial charge < -0.3 is 16.0 Å². The van der Waals surface area contributed by atoms with Crippen LogP contribution < -0.4 is 16.0 Å². The monoisotopic (exact) mass is 378 g/mol. The SMILES string of the molecule is CNC(=O)c1cccnc1NCc1cccc(NC(=O)c2ccc(F)cc2)c1. The highest BCUT2D eigenvalue weighted by atomic mass is 19.1. The van der Waals surface area contributed by atoms with Crippen LogP contribution in [0, 0.1) is 5.82 Å². The van der Waals surface area contributed by atoms with Gasteiger partial charge in [0.2, 0.25) is 0 Å². The van der Waals surface area contributed by atoms with Crippen LogP contribution in [0.1, 0.15) is 26.3 Å². The van der Waals surface area contributed by atoms with Crippen LogP contribution in [0.15, 0.2) is 66.9 Å². The van der Waals surface area contributed by atoms with Gasteiger partial charge >= 0.3 is 0 Å². The van der Waals surface area contributed by atoms with Crippen molar-refractivity contribution in [1.29, 1.82) is 0 Å². The molecule has 0 spiro atoms. The quantitative estimate of drug-likeness (QED) is 0.614. The summed E-state index contributed by atoms with van der Waals surface area (Å²) in [5.74, 6) is -0.467. The number of benzene rings is 2. The van der Waals surface area contributed by atoms with E-state index in [1.54, 1.807) is 31.4 Å². The average molecular weight is 378 g/mol. The number of pyridine rings is 1. The molecule has 0 fully saturated rings. The van der Waals surface area contributed by atoms with Crippen LogP contribution in [0.5, 0.6) is 0 Å². The van der Waals surface area contributed by atoms with Crippen LogP contribution >= 0.6 is 0 Å². The molecule has 0 saturated heterocycles. The molecule has 6 nitrogen and oxygen atoms in total. The molecule has 1 aromatic heterocycles. The minimum atomic E-state index is -0.393. The van der Waals surface area contributed by atoms with Gasteiger partial charge in [0.25, 0.3) is 11.8 Å². The van der Waals surface area contributed by atoms with Gasteiger partial charge in [-0.1, -0.05) is 12.1 Å². The fraction of sp³-hybridized carbons (Fsp3) is 0.0952. The summed E-state index contributed by atoms with van der Waals surface area (Å²) in [6.07, 6.45) is 1.61. The van der Waals surface area contributed by atoms with E-state index in [-0.39, 0.29) is 11.8 Å². The Bertz CT molecular complexity index is 990. The van der Waals surface area contributed by atoms with Crippen molar-refractivity contribution < 1.29 is 14.0 Å². The third-order valence-corrected chi connectivity index (χ3v) is 4.03. The first kappa shape index (κ1) is 19.0. The molecule has 0 unspecified atom stereocenters. The van der Waals surface area contributed by atoms with Crippen molar-refractivity contribution in [3.63, 3.8) is 0 Å². The number of halogens is 1. The van der Waals surface area contributed by atoms with Gasteiger partial charge in [-0.2, -0.15) is 0 Å². The molecule has 0 aliphatic heterocycles. The van der Waals surface area contributed by atoms with Crippen molar-refractivity contribution in [2.45, 2.75) is 6.54 Å². The standard InChI is InChI=1S/C21H19FN4O2/c1-23-21(28)18-6-3-11-24-19(18)25-13-14-4-2-5-17(12-14)26-20(27)15-7-9-16(22)10-8-15/h2-12H,13H2,1H3,(H,23,28)(H,24,25)(H,26,27). The van der Waals surface area contributed by atoms with Gasteiger partial charge in [-0.3, -0.25) is 9.59 Å². The second-order valence-electron chi connectivity index (χ2n) is 5.99. The fourth-order valence-corrected chi connectivity index (χ4v) is 2.61. The number of hydrogen-bond donors (Lipinski definition) is 3. The number of aromatic nitrogens is 1. The minimum absolute atomic E-state index is 0.226. The van der Waals surface area contributed by atoms with Crippen molar-refractivity contribution in [2.75, 3.05) is 17.7 Å². The maximum atomic E-state index is 13.0. The van der Waals surface area contributed by atoms with Gasteiger partial charge in [0.15, 0.2) is 0 Å². The average Bonchev–Trinajstić information content (AvgIpc) is 2.72. The Kier molecular flexibility index (Phi) is 5.96. The van der Waals surface area contributed by atoms with Crippen LogP contribution in [-0.4, -0.2) is 23.8 Å². The summed E-state index contributed by atoms with van der Waals surface area (Å²) in [7, 11) is 1.56. The summed E-state index contributed by atoms with van der Waals surface area (Å²) in [6, 6.07) is 16.0. The lowest BCUT2D eigenvalue weighted by molar-refractivity contribution is 0.0962. The molecule has 142 valence electrons. The molecule has 0 atom stereocenters. The first-order chi connectivity index (χ1) is 13.6. The molecular weight excluding hydrogens is 359 g/mol. The smallest absolute Gasteiger partial charge is 0.255 e. The zero-order valence-corrected chi connectivity index (χ0v) is 15.2. The summed E-state index contributed by atoms with van der Waals surface area (Å²) < 4.78 is 13.0. The highest BCUT2D eigenvalue weighted by Crippen LogP contribution is 2.16. The third-order valence-electron chi connectivity index (χ3n) is 4.03. The van der Waals surface area contributed by atoms with Crippen molar-refractivity contribution in [3.05, 3.63) is 89.4 Å². The Morgan fingerprint density at radius 1 is 1.00 bits per heavy atom. The summed E-state index contributed by atoms with van der Waals surface area (Å²) in [6.45, 7) is 0.418. The van der Waals surface area contributed by atoms with E-state index in [0.29, 0.717) is 29.2 Å². The zero-order valence-electron chi connectivity index (χ0n) is 15.2. The predicted molar refractivity (Wildman–Crippen MR) is 106 cm³/mol. The van der Waals surface area contributed by atoms with Crippen LogP contribution in [-0.2, 0) is 6.54 Å². The summed E-state index contributed by atoms with van der Waals surface area (Å²) in [5, 5.41) is 8.50. The van der Waals surface area contributed by atoms with Crippen LogP contribution in [0.4, 0.5) is 15.9 Å². The lowest BCUT2D eigenvalue weighted by Gasteiger charge is -2.11. The molecule has 0 aliphatic rings. The molecule has 2 aromatic carbocycles. The molecule has 7 heteroatoms. The summed E-state index contributed by atoms with van der Waals surface area (Å²) in [5.41, 5.74) is 2.32. The molecule has 0 saturated carbocycles. The molecule has 0 bridgehead atoms. The molecule has 3 rings (SSSR count). The van der Waals surface area contributed by atoms with Gasteiger partial charge in [0.1, 0.15) is 11.6 Å². The van der Waals surface area contributed by atoms with Crippen LogP contribution in [0.3, 0.4) is 0 Å². The Hall–Kier alpha value is -3.74. The number of carbonyl (C=O) groups is 2. The first-order valence-corrected chi connectivity index (χ1v) is 8.63. The normalized spacial score (nSPS) is 10.2. The molecule has 2 amide bonds. The number of anilines is 2. The molecule has 3 N–H and O–H groups in total. The fourth-order valence-electron chi connectivity index (χ4n) is 2.61. The zero-order chi connectivity index (χ0) is 19.9. The topological polar surface area (TPSA) is 83.1 Å². The molecule has 3 aromatic rings. The number of amides is 2. The van der Waals surface area contributed by atoms with Crippen LogP contribution in [0.25, 0.3) is 0 Å². The van der Waals surface area contributed by atoms with E-state index >= 15 is 0 Å². The maximum Gasteiger partial charge on any atom is 0.255 e. The molecule has 28 heavy (non-hydrogen) atoms. The third kappa shape index (κ3) is 4.70. The Labute approximate surface area is 161 Å². The second kappa shape index (κ2) is 8.77. The van der Waals surface area contributed by atoms with E-state index in [0.717, 1.165) is 5.56 Å². The van der Waals surface area contributed by atoms with Crippen molar-refractivity contribution in [3.8, 4) is 0 Å². The van der Waals surface area contributed by atoms with Crippen molar-refractivity contribution in [1.82, 2.24) is 10.3 Å². The highest BCUT2D eigenvalue weighted by Gasteiger charge is 2.11. The van der Waals surface area contributed by atoms with Crippen molar-refractivity contribution in [2.24, 2.45) is 0 Å². The Balaban J connectivity index is 1.68. The summed E-state index contributed by atoms with van der Waals surface area (Å²) in [4.78, 5) is 28.4. The number of rotatable bonds is 6. The van der Waals surface area contributed by atoms with Gasteiger partial charge in [0.05, 0.1) is 5.56 Å². The van der Waals surface area contributed by atoms with E-state index in [9.17, 15) is 14.0 Å². The molecule has 1 heterocycles. The number of nitrogens with zero attached hydrogens (tertiary/aromatic N) is 1. The van der Waals surface area contributed by atoms with E-state index in [1.807, 2.05) is 18.2 Å². The van der Waals surface area contributed by atoms with E-state index in [2.05, 4.69) is 20.9 Å². The lowest BCUT2D eigenvalue weighted by atomic mass is 10.1. The number of nitrogens with one attached hydrogen (secondary N) is 3. The number of hydrogen-bond acceptors (Lipinski definition) is 4.